The minimum atomic E-state index is 0. The van der Waals surface area contributed by atoms with Gasteiger partial charge in [0.25, 0.3) is 0 Å². The fraction of sp³-hybridized carbons (Fsp3) is 0.632. The number of thiazole rings is 1. The van der Waals surface area contributed by atoms with Crippen LogP contribution >= 0.6 is 22.9 Å². The second-order valence-corrected chi connectivity index (χ2v) is 24.8. The third-order valence-corrected chi connectivity index (χ3v) is 3.93. The van der Waals surface area contributed by atoms with Crippen LogP contribution in [0.5, 0.6) is 0 Å². The van der Waals surface area contributed by atoms with Gasteiger partial charge in [0.15, 0.2) is 0 Å². The van der Waals surface area contributed by atoms with E-state index in [1.165, 1.54) is 17.9 Å². The predicted octanol–water partition coefficient (Wildman–Crippen LogP) is 25.1. The van der Waals surface area contributed by atoms with Crippen LogP contribution in [-0.2, 0) is 0 Å². The Morgan fingerprint density at radius 2 is 0.468 bits per heavy atom. The van der Waals surface area contributed by atoms with Crippen molar-refractivity contribution in [1.29, 1.82) is 0 Å². The van der Waals surface area contributed by atoms with Crippen molar-refractivity contribution in [2.75, 3.05) is 0 Å². The molecule has 0 bridgehead atoms. The van der Waals surface area contributed by atoms with E-state index in [1.807, 2.05) is 155 Å². The maximum atomic E-state index is 3.78. The molecule has 0 radical (unpaired) electrons. The first-order valence-electron chi connectivity index (χ1n) is 27.9. The van der Waals surface area contributed by atoms with Gasteiger partial charge >= 0.3 is 0 Å². The number of pyridine rings is 1. The Labute approximate surface area is 494 Å². The quantitative estimate of drug-likeness (QED) is 0.150. The van der Waals surface area contributed by atoms with Crippen LogP contribution in [0.4, 0.5) is 0 Å². The van der Waals surface area contributed by atoms with E-state index in [0.29, 0.717) is 32.5 Å². The molecule has 0 unspecified atom stereocenters. The number of rotatable bonds is 0. The molecule has 5 aromatic heterocycles. The molecule has 5 heterocycles. The Morgan fingerprint density at radius 3 is 0.545 bits per heavy atom. The van der Waals surface area contributed by atoms with E-state index in [9.17, 15) is 0 Å². The highest BCUT2D eigenvalue weighted by Crippen LogP contribution is 2.10. The summed E-state index contributed by atoms with van der Waals surface area (Å²) in [5, 5.41) is 3.86. The fourth-order valence-corrected chi connectivity index (χ4v) is 2.26. The Kier molecular flexibility index (Phi) is 113. The van der Waals surface area contributed by atoms with Crippen LogP contribution in [0, 0.1) is 32.5 Å². The van der Waals surface area contributed by atoms with Gasteiger partial charge in [0.2, 0.25) is 0 Å². The summed E-state index contributed by atoms with van der Waals surface area (Å²) in [4.78, 5) is 22.3. The van der Waals surface area contributed by atoms with Crippen LogP contribution in [0.2, 0.25) is 0 Å². The van der Waals surface area contributed by atoms with Crippen molar-refractivity contribution in [3.63, 3.8) is 0 Å². The molecule has 0 aliphatic rings. The molecule has 6 aromatic rings. The van der Waals surface area contributed by atoms with E-state index in [0.717, 1.165) is 0 Å². The number of aromatic nitrogens is 7. The van der Waals surface area contributed by atoms with Crippen molar-refractivity contribution < 1.29 is 0 Å². The van der Waals surface area contributed by atoms with Gasteiger partial charge in [-0.15, -0.1) is 11.3 Å². The molecular weight excluding hydrogens is 979 g/mol. The van der Waals surface area contributed by atoms with E-state index in [4.69, 9.17) is 0 Å². The minimum absolute atomic E-state index is 0. The zero-order valence-electron chi connectivity index (χ0n) is 57.4. The van der Waals surface area contributed by atoms with E-state index < -0.39 is 0 Å². The molecule has 1 aromatic carbocycles. The van der Waals surface area contributed by atoms with Crippen molar-refractivity contribution >= 4 is 22.9 Å². The third kappa shape index (κ3) is 394. The average molecular weight is 1120 g/mol. The van der Waals surface area contributed by atoms with Crippen LogP contribution in [0.15, 0.2) is 151 Å². The van der Waals surface area contributed by atoms with Gasteiger partial charge in [-0.05, 0) is 68.3 Å². The summed E-state index contributed by atoms with van der Waals surface area (Å²) in [6, 6.07) is 21.4. The smallest absolute Gasteiger partial charge is 0.115 e. The van der Waals surface area contributed by atoms with Crippen LogP contribution in [0.1, 0.15) is 257 Å². The second kappa shape index (κ2) is 83.1. The van der Waals surface area contributed by atoms with Crippen molar-refractivity contribution in [2.45, 2.75) is 257 Å². The Bertz CT molecular complexity index is 1160. The highest BCUT2D eigenvalue weighted by molar-refractivity contribution is 7.07. The molecule has 0 aliphatic carbocycles. The molecule has 0 atom stereocenters. The minimum Gasteiger partial charge on any atom is -0.265 e. The summed E-state index contributed by atoms with van der Waals surface area (Å²) in [5.41, 5.74) is 4.79. The molecule has 456 valence electrons. The molecule has 9 heteroatoms. The Balaban J connectivity index is -0.0000000518. The Morgan fingerprint density at radius 1 is 0.234 bits per heavy atom. The van der Waals surface area contributed by atoms with Crippen molar-refractivity contribution in [3.8, 4) is 0 Å². The lowest BCUT2D eigenvalue weighted by Gasteiger charge is -2.05. The van der Waals surface area contributed by atoms with E-state index in [-0.39, 0.29) is 7.43 Å². The van der Waals surface area contributed by atoms with E-state index >= 15 is 0 Å². The van der Waals surface area contributed by atoms with Gasteiger partial charge in [0, 0.05) is 72.7 Å². The highest BCUT2D eigenvalue weighted by atomic mass is 32.1. The first-order chi connectivity index (χ1) is 35.0. The molecule has 0 saturated carbocycles. The average Bonchev–Trinajstić information content (AvgIpc) is 4.15. The van der Waals surface area contributed by atoms with Gasteiger partial charge < -0.3 is 0 Å². The Hall–Kier alpha value is -4.21. The largest absolute Gasteiger partial charge is 0.265 e. The number of hydrogen-bond acceptors (Lipinski definition) is 9. The van der Waals surface area contributed by atoms with E-state index in [1.54, 1.807) is 84.9 Å². The van der Waals surface area contributed by atoms with Crippen LogP contribution in [-0.4, -0.2) is 34.3 Å². The predicted molar refractivity (Wildman–Crippen MR) is 365 cm³/mol. The molecule has 0 spiro atoms. The van der Waals surface area contributed by atoms with Gasteiger partial charge in [0.1, 0.15) is 6.33 Å². The first kappa shape index (κ1) is 105. The lowest BCUT2D eigenvalue weighted by atomic mass is 10.0. The lowest BCUT2D eigenvalue weighted by molar-refractivity contribution is 0.469. The number of hydrogen-bond donors (Lipinski definition) is 0. The monoisotopic (exact) mass is 1120 g/mol. The number of nitrogens with zero attached hydrogens (tertiary/aromatic N) is 7. The summed E-state index contributed by atoms with van der Waals surface area (Å²) in [6.45, 7) is 76.5. The third-order valence-electron chi connectivity index (χ3n) is 2.88. The standard InChI is InChI=1S/C6H6.C5H5N.6C5H12.2C4H4N2.2C3H3NS.6C2H6.CH4/c2*1-2-4-6-5-3-1;6*1-5(2,3)4;1-2-6-4-3-5-1;1-2-5-4-6-3-1;1-2-5-3-4-1;1-2-4-5-3-1;6*1-2;/h1-6H;1-5H;6*1-4H3;2*1-4H;2*1-3H;6*1-2H3;1H4. The molecule has 77 heavy (non-hydrogen) atoms. The molecule has 7 nitrogen and oxygen atoms in total. The fourth-order valence-electron chi connectivity index (χ4n) is 1.56. The molecular formula is C68H137N7S2. The molecule has 0 fully saturated rings. The molecule has 6 rings (SSSR count). The van der Waals surface area contributed by atoms with Crippen molar-refractivity contribution in [3.05, 3.63) is 151 Å². The van der Waals surface area contributed by atoms with Crippen molar-refractivity contribution in [1.82, 2.24) is 34.3 Å². The van der Waals surface area contributed by atoms with Crippen molar-refractivity contribution in [2.24, 2.45) is 32.5 Å². The molecule has 0 amide bonds. The molecule has 0 aliphatic heterocycles. The molecule has 0 saturated heterocycles. The normalized spacial score (nSPS) is 8.68. The first-order valence-corrected chi connectivity index (χ1v) is 29.7. The summed E-state index contributed by atoms with van der Waals surface area (Å²) in [7, 11) is 0. The zero-order valence-corrected chi connectivity index (χ0v) is 59.0. The summed E-state index contributed by atoms with van der Waals surface area (Å²) in [6.07, 6.45) is 18.5. The highest BCUT2D eigenvalue weighted by Gasteiger charge is 1.98. The van der Waals surface area contributed by atoms with Crippen LogP contribution < -0.4 is 0 Å². The zero-order chi connectivity index (χ0) is 63.0. The van der Waals surface area contributed by atoms with E-state index in [2.05, 4.69) is 200 Å². The summed E-state index contributed by atoms with van der Waals surface area (Å²) >= 11 is 3.06. The summed E-state index contributed by atoms with van der Waals surface area (Å²) in [5.74, 6) is 0. The maximum absolute atomic E-state index is 3.78. The number of benzene rings is 1. The molecule has 0 N–H and O–H groups in total. The van der Waals surface area contributed by atoms with Gasteiger partial charge in [-0.3, -0.25) is 19.9 Å². The van der Waals surface area contributed by atoms with Gasteiger partial charge in [-0.1, -0.05) is 299 Å². The SMILES string of the molecule is C.CC.CC.CC.CC.CC.CC.CC(C)(C)C.CC(C)(C)C.CC(C)(C)C.CC(C)(C)C.CC(C)(C)C.CC(C)(C)C.c1ccccc1.c1ccncc1.c1cnccn1.c1cncnc1.c1cnsc1.c1cscn1. The van der Waals surface area contributed by atoms with Gasteiger partial charge in [-0.25, -0.2) is 14.3 Å². The lowest BCUT2D eigenvalue weighted by Crippen LogP contribution is -1.93. The second-order valence-electron chi connectivity index (χ2n) is 23.3. The maximum Gasteiger partial charge on any atom is 0.115 e. The van der Waals surface area contributed by atoms with Crippen LogP contribution in [0.3, 0.4) is 0 Å². The summed E-state index contributed by atoms with van der Waals surface area (Å²) < 4.78 is 3.76. The van der Waals surface area contributed by atoms with Gasteiger partial charge in [0.05, 0.1) is 5.51 Å². The van der Waals surface area contributed by atoms with Crippen LogP contribution in [0.25, 0.3) is 0 Å². The topological polar surface area (TPSA) is 90.2 Å². The van der Waals surface area contributed by atoms with Gasteiger partial charge in [-0.2, -0.15) is 0 Å².